The highest BCUT2D eigenvalue weighted by Crippen LogP contribution is 2.15. The van der Waals surface area contributed by atoms with Gasteiger partial charge in [-0.05, 0) is 42.8 Å². The summed E-state index contributed by atoms with van der Waals surface area (Å²) >= 11 is 0. The summed E-state index contributed by atoms with van der Waals surface area (Å²) in [5.74, 6) is 0.876. The van der Waals surface area contributed by atoms with Crippen molar-refractivity contribution in [2.45, 2.75) is 6.92 Å². The number of rotatable bonds is 5. The number of ether oxygens (including phenoxy) is 1. The van der Waals surface area contributed by atoms with Crippen molar-refractivity contribution in [3.63, 3.8) is 0 Å². The van der Waals surface area contributed by atoms with Gasteiger partial charge in [-0.2, -0.15) is 5.26 Å². The van der Waals surface area contributed by atoms with Crippen LogP contribution in [0, 0.1) is 18.3 Å². The number of hydrogen-bond donors (Lipinski definition) is 1. The Labute approximate surface area is 113 Å². The van der Waals surface area contributed by atoms with Gasteiger partial charge in [0.25, 0.3) is 0 Å². The maximum Gasteiger partial charge on any atom is 0.119 e. The fourth-order valence-electron chi connectivity index (χ4n) is 1.80. The monoisotopic (exact) mass is 252 g/mol. The van der Waals surface area contributed by atoms with Crippen molar-refractivity contribution in [2.24, 2.45) is 0 Å². The Morgan fingerprint density at radius 2 is 1.95 bits per heavy atom. The predicted molar refractivity (Wildman–Crippen MR) is 76.3 cm³/mol. The lowest BCUT2D eigenvalue weighted by Gasteiger charge is -2.10. The van der Waals surface area contributed by atoms with Gasteiger partial charge < -0.3 is 10.1 Å². The molecule has 0 aromatic heterocycles. The molecule has 0 atom stereocenters. The molecule has 96 valence electrons. The largest absolute Gasteiger partial charge is 0.492 e. The standard InChI is InChI=1S/C16H16N2O/c1-13-11-14(12-17)7-8-16(13)18-9-10-19-15-5-3-2-4-6-15/h2-8,11,18H,9-10H2,1H3. The molecule has 3 heteroatoms. The number of anilines is 1. The van der Waals surface area contributed by atoms with Gasteiger partial charge in [0.05, 0.1) is 11.6 Å². The fourth-order valence-corrected chi connectivity index (χ4v) is 1.80. The summed E-state index contributed by atoms with van der Waals surface area (Å²) in [6.07, 6.45) is 0. The van der Waals surface area contributed by atoms with Gasteiger partial charge in [0.2, 0.25) is 0 Å². The van der Waals surface area contributed by atoms with E-state index >= 15 is 0 Å². The number of aryl methyl sites for hydroxylation is 1. The number of benzene rings is 2. The highest BCUT2D eigenvalue weighted by atomic mass is 16.5. The van der Waals surface area contributed by atoms with E-state index in [4.69, 9.17) is 10.00 Å². The third-order valence-corrected chi connectivity index (χ3v) is 2.78. The van der Waals surface area contributed by atoms with Crippen molar-refractivity contribution in [1.29, 1.82) is 5.26 Å². The average molecular weight is 252 g/mol. The first-order valence-electron chi connectivity index (χ1n) is 6.22. The van der Waals surface area contributed by atoms with E-state index in [2.05, 4.69) is 11.4 Å². The smallest absolute Gasteiger partial charge is 0.119 e. The van der Waals surface area contributed by atoms with Gasteiger partial charge in [-0.3, -0.25) is 0 Å². The first kappa shape index (κ1) is 13.0. The molecule has 0 saturated carbocycles. The molecule has 0 bridgehead atoms. The van der Waals surface area contributed by atoms with Crippen LogP contribution in [0.2, 0.25) is 0 Å². The fraction of sp³-hybridized carbons (Fsp3) is 0.188. The Bertz CT molecular complexity index is 573. The van der Waals surface area contributed by atoms with Crippen molar-refractivity contribution in [2.75, 3.05) is 18.5 Å². The van der Waals surface area contributed by atoms with Crippen molar-refractivity contribution in [3.8, 4) is 11.8 Å². The normalized spacial score (nSPS) is 9.68. The zero-order valence-electron chi connectivity index (χ0n) is 10.9. The molecular formula is C16H16N2O. The van der Waals surface area contributed by atoms with Crippen LogP contribution in [0.1, 0.15) is 11.1 Å². The van der Waals surface area contributed by atoms with Crippen molar-refractivity contribution in [1.82, 2.24) is 0 Å². The highest BCUT2D eigenvalue weighted by molar-refractivity contribution is 5.54. The van der Waals surface area contributed by atoms with Crippen molar-refractivity contribution >= 4 is 5.69 Å². The Morgan fingerprint density at radius 1 is 1.16 bits per heavy atom. The zero-order valence-corrected chi connectivity index (χ0v) is 10.9. The average Bonchev–Trinajstić information content (AvgIpc) is 2.46. The molecule has 0 heterocycles. The molecule has 2 aromatic rings. The molecule has 0 aliphatic rings. The van der Waals surface area contributed by atoms with E-state index in [9.17, 15) is 0 Å². The topological polar surface area (TPSA) is 45.0 Å². The molecule has 0 aliphatic heterocycles. The number of para-hydroxylation sites is 1. The second kappa shape index (κ2) is 6.46. The lowest BCUT2D eigenvalue weighted by atomic mass is 10.1. The molecule has 3 nitrogen and oxygen atoms in total. The number of nitriles is 1. The zero-order chi connectivity index (χ0) is 13.5. The van der Waals surface area contributed by atoms with E-state index in [1.54, 1.807) is 0 Å². The molecule has 0 unspecified atom stereocenters. The molecule has 1 N–H and O–H groups in total. The summed E-state index contributed by atoms with van der Waals surface area (Å²) < 4.78 is 5.60. The maximum absolute atomic E-state index is 8.80. The molecule has 0 radical (unpaired) electrons. The molecular weight excluding hydrogens is 236 g/mol. The summed E-state index contributed by atoms with van der Waals surface area (Å²) in [5, 5.41) is 12.1. The van der Waals surface area contributed by atoms with Crippen molar-refractivity contribution < 1.29 is 4.74 Å². The predicted octanol–water partition coefficient (Wildman–Crippen LogP) is 3.36. The Morgan fingerprint density at radius 3 is 2.63 bits per heavy atom. The van der Waals surface area contributed by atoms with Crippen LogP contribution < -0.4 is 10.1 Å². The lowest BCUT2D eigenvalue weighted by Crippen LogP contribution is -2.12. The van der Waals surface area contributed by atoms with Gasteiger partial charge in [0.1, 0.15) is 12.4 Å². The van der Waals surface area contributed by atoms with E-state index in [0.29, 0.717) is 12.2 Å². The number of nitrogens with one attached hydrogen (secondary N) is 1. The molecule has 0 saturated heterocycles. The summed E-state index contributed by atoms with van der Waals surface area (Å²) in [6, 6.07) is 17.5. The van der Waals surface area contributed by atoms with Crippen LogP contribution in [0.25, 0.3) is 0 Å². The maximum atomic E-state index is 8.80. The Balaban J connectivity index is 1.82. The van der Waals surface area contributed by atoms with E-state index in [1.165, 1.54) is 0 Å². The Kier molecular flexibility index (Phi) is 4.41. The third-order valence-electron chi connectivity index (χ3n) is 2.78. The molecule has 2 aromatic carbocycles. The lowest BCUT2D eigenvalue weighted by molar-refractivity contribution is 0.333. The third kappa shape index (κ3) is 3.75. The quantitative estimate of drug-likeness (QED) is 0.830. The van der Waals surface area contributed by atoms with Gasteiger partial charge in [0.15, 0.2) is 0 Å². The molecule has 0 amide bonds. The molecule has 0 spiro atoms. The first-order valence-corrected chi connectivity index (χ1v) is 6.22. The minimum absolute atomic E-state index is 0.601. The summed E-state index contributed by atoms with van der Waals surface area (Å²) in [5.41, 5.74) is 2.79. The highest BCUT2D eigenvalue weighted by Gasteiger charge is 1.99. The van der Waals surface area contributed by atoms with Crippen LogP contribution in [0.3, 0.4) is 0 Å². The number of nitrogens with zero attached hydrogens (tertiary/aromatic N) is 1. The van der Waals surface area contributed by atoms with Gasteiger partial charge in [-0.15, -0.1) is 0 Å². The van der Waals surface area contributed by atoms with Gasteiger partial charge >= 0.3 is 0 Å². The van der Waals surface area contributed by atoms with Crippen LogP contribution in [-0.4, -0.2) is 13.2 Å². The SMILES string of the molecule is Cc1cc(C#N)ccc1NCCOc1ccccc1. The van der Waals surface area contributed by atoms with E-state index in [1.807, 2.05) is 55.5 Å². The minimum Gasteiger partial charge on any atom is -0.492 e. The first-order chi connectivity index (χ1) is 9.29. The van der Waals surface area contributed by atoms with E-state index in [0.717, 1.165) is 23.5 Å². The van der Waals surface area contributed by atoms with E-state index < -0.39 is 0 Å². The van der Waals surface area contributed by atoms with Gasteiger partial charge in [-0.25, -0.2) is 0 Å². The molecule has 19 heavy (non-hydrogen) atoms. The Hall–Kier alpha value is -2.47. The van der Waals surface area contributed by atoms with Crippen LogP contribution >= 0.6 is 0 Å². The van der Waals surface area contributed by atoms with Crippen LogP contribution in [0.4, 0.5) is 5.69 Å². The minimum atomic E-state index is 0.601. The summed E-state index contributed by atoms with van der Waals surface area (Å²) in [6.45, 7) is 3.31. The van der Waals surface area contributed by atoms with E-state index in [-0.39, 0.29) is 0 Å². The summed E-state index contributed by atoms with van der Waals surface area (Å²) in [7, 11) is 0. The number of hydrogen-bond acceptors (Lipinski definition) is 3. The molecule has 2 rings (SSSR count). The molecule has 0 fully saturated rings. The second-order valence-electron chi connectivity index (χ2n) is 4.23. The van der Waals surface area contributed by atoms with Crippen LogP contribution in [-0.2, 0) is 0 Å². The molecule has 0 aliphatic carbocycles. The van der Waals surface area contributed by atoms with Crippen molar-refractivity contribution in [3.05, 3.63) is 59.7 Å². The van der Waals surface area contributed by atoms with Crippen LogP contribution in [0.15, 0.2) is 48.5 Å². The van der Waals surface area contributed by atoms with Crippen LogP contribution in [0.5, 0.6) is 5.75 Å². The van der Waals surface area contributed by atoms with Gasteiger partial charge in [-0.1, -0.05) is 18.2 Å². The van der Waals surface area contributed by atoms with Gasteiger partial charge in [0, 0.05) is 12.2 Å². The summed E-state index contributed by atoms with van der Waals surface area (Å²) in [4.78, 5) is 0. The second-order valence-corrected chi connectivity index (χ2v) is 4.23.